The molecule has 2 amide bonds. The molecular weight excluding hydrogens is 381 g/mol. The fourth-order valence-corrected chi connectivity index (χ4v) is 3.40. The van der Waals surface area contributed by atoms with E-state index in [9.17, 15) is 14.0 Å². The monoisotopic (exact) mass is 405 g/mol. The van der Waals surface area contributed by atoms with Crippen molar-refractivity contribution < 1.29 is 14.0 Å². The van der Waals surface area contributed by atoms with Crippen LogP contribution in [-0.4, -0.2) is 42.9 Å². The van der Waals surface area contributed by atoms with E-state index in [4.69, 9.17) is 5.73 Å². The fourth-order valence-electron chi connectivity index (χ4n) is 3.40. The molecule has 0 aliphatic carbocycles. The number of rotatable bonds is 7. The van der Waals surface area contributed by atoms with E-state index in [0.717, 1.165) is 12.0 Å². The van der Waals surface area contributed by atoms with E-state index >= 15 is 0 Å². The summed E-state index contributed by atoms with van der Waals surface area (Å²) in [5, 5.41) is 0. The zero-order valence-electron chi connectivity index (χ0n) is 15.6. The molecule has 1 aliphatic heterocycles. The summed E-state index contributed by atoms with van der Waals surface area (Å²) in [6.07, 6.45) is 1.18. The van der Waals surface area contributed by atoms with Crippen LogP contribution in [0.1, 0.15) is 12.0 Å². The quantitative estimate of drug-likeness (QED) is 0.720. The first kappa shape index (κ1) is 21.9. The number of anilines is 1. The molecule has 0 aromatic heterocycles. The predicted molar refractivity (Wildman–Crippen MR) is 110 cm³/mol. The summed E-state index contributed by atoms with van der Waals surface area (Å²) < 4.78 is 13.1. The van der Waals surface area contributed by atoms with Gasteiger partial charge in [-0.05, 0) is 42.7 Å². The van der Waals surface area contributed by atoms with Crippen LogP contribution in [0.15, 0.2) is 54.6 Å². The van der Waals surface area contributed by atoms with Crippen LogP contribution in [0.2, 0.25) is 0 Å². The molecule has 1 heterocycles. The van der Waals surface area contributed by atoms with Crippen LogP contribution in [-0.2, 0) is 16.0 Å². The largest absolute Gasteiger partial charge is 0.340 e. The van der Waals surface area contributed by atoms with Crippen LogP contribution in [0.5, 0.6) is 0 Å². The van der Waals surface area contributed by atoms with Crippen LogP contribution < -0.4 is 10.6 Å². The van der Waals surface area contributed by atoms with Gasteiger partial charge in [0.15, 0.2) is 0 Å². The molecular formula is C21H25ClFN3O2. The third kappa shape index (κ3) is 5.09. The summed E-state index contributed by atoms with van der Waals surface area (Å²) in [5.41, 5.74) is 7.43. The SMILES string of the molecule is Cl.NCCN(CCc1ccccc1)C(=O)C1CCN(c2ccc(F)cc2)C1=O. The lowest BCUT2D eigenvalue weighted by Crippen LogP contribution is -2.43. The highest BCUT2D eigenvalue weighted by Crippen LogP contribution is 2.26. The maximum absolute atomic E-state index is 13.1. The fraction of sp³-hybridized carbons (Fsp3) is 0.333. The standard InChI is InChI=1S/C21H24FN3O2.ClH/c22-17-6-8-18(9-7-17)25-14-11-19(21(25)27)20(26)24(15-12-23)13-10-16-4-2-1-3-5-16;/h1-9,19H,10-15,23H2;1H. The predicted octanol–water partition coefficient (Wildman–Crippen LogP) is 2.63. The minimum atomic E-state index is -0.697. The minimum Gasteiger partial charge on any atom is -0.340 e. The number of benzene rings is 2. The molecule has 7 heteroatoms. The van der Waals surface area contributed by atoms with Crippen molar-refractivity contribution in [2.75, 3.05) is 31.1 Å². The minimum absolute atomic E-state index is 0. The van der Waals surface area contributed by atoms with E-state index in [1.54, 1.807) is 21.9 Å². The average Bonchev–Trinajstić information content (AvgIpc) is 3.07. The van der Waals surface area contributed by atoms with Gasteiger partial charge >= 0.3 is 0 Å². The Bertz CT molecular complexity index is 786. The van der Waals surface area contributed by atoms with Crippen molar-refractivity contribution in [1.82, 2.24) is 4.90 Å². The summed E-state index contributed by atoms with van der Waals surface area (Å²) in [4.78, 5) is 29.0. The molecule has 1 atom stereocenters. The third-order valence-corrected chi connectivity index (χ3v) is 4.87. The number of carbonyl (C=O) groups excluding carboxylic acids is 2. The van der Waals surface area contributed by atoms with E-state index in [1.807, 2.05) is 30.3 Å². The van der Waals surface area contributed by atoms with Gasteiger partial charge in [-0.15, -0.1) is 12.4 Å². The van der Waals surface area contributed by atoms with E-state index in [0.29, 0.717) is 38.3 Å². The van der Waals surface area contributed by atoms with Crippen molar-refractivity contribution in [2.45, 2.75) is 12.8 Å². The number of halogens is 2. The number of nitrogens with zero attached hydrogens (tertiary/aromatic N) is 2. The Morgan fingerprint density at radius 2 is 1.79 bits per heavy atom. The molecule has 5 nitrogen and oxygen atoms in total. The van der Waals surface area contributed by atoms with Gasteiger partial charge in [0.05, 0.1) is 0 Å². The van der Waals surface area contributed by atoms with Crippen LogP contribution in [0.4, 0.5) is 10.1 Å². The van der Waals surface area contributed by atoms with Crippen LogP contribution in [0.25, 0.3) is 0 Å². The molecule has 2 aromatic rings. The first-order valence-electron chi connectivity index (χ1n) is 9.20. The lowest BCUT2D eigenvalue weighted by molar-refractivity contribution is -0.139. The highest BCUT2D eigenvalue weighted by Gasteiger charge is 2.39. The Morgan fingerprint density at radius 3 is 2.43 bits per heavy atom. The van der Waals surface area contributed by atoms with E-state index in [-0.39, 0.29) is 30.0 Å². The van der Waals surface area contributed by atoms with Crippen molar-refractivity contribution in [1.29, 1.82) is 0 Å². The van der Waals surface area contributed by atoms with Gasteiger partial charge in [-0.25, -0.2) is 4.39 Å². The topological polar surface area (TPSA) is 66.6 Å². The summed E-state index contributed by atoms with van der Waals surface area (Å²) in [5.74, 6) is -1.45. The molecule has 1 fully saturated rings. The lowest BCUT2D eigenvalue weighted by atomic mass is 10.1. The molecule has 0 saturated carbocycles. The number of hydrogen-bond donors (Lipinski definition) is 1. The maximum Gasteiger partial charge on any atom is 0.239 e. The maximum atomic E-state index is 13.1. The summed E-state index contributed by atoms with van der Waals surface area (Å²) in [6.45, 7) is 1.76. The molecule has 3 rings (SSSR count). The van der Waals surface area contributed by atoms with Gasteiger partial charge < -0.3 is 15.5 Å². The van der Waals surface area contributed by atoms with Gasteiger partial charge in [-0.3, -0.25) is 9.59 Å². The number of hydrogen-bond acceptors (Lipinski definition) is 3. The molecule has 1 saturated heterocycles. The van der Waals surface area contributed by atoms with Crippen molar-refractivity contribution in [3.63, 3.8) is 0 Å². The van der Waals surface area contributed by atoms with E-state index in [2.05, 4.69) is 0 Å². The van der Waals surface area contributed by atoms with E-state index in [1.165, 1.54) is 12.1 Å². The normalized spacial score (nSPS) is 16.0. The summed E-state index contributed by atoms with van der Waals surface area (Å²) in [7, 11) is 0. The van der Waals surface area contributed by atoms with Crippen molar-refractivity contribution in [3.05, 3.63) is 66.0 Å². The Hall–Kier alpha value is -2.44. The molecule has 0 spiro atoms. The Balaban J connectivity index is 0.00000280. The number of amides is 2. The second-order valence-electron chi connectivity index (χ2n) is 6.66. The number of nitrogens with two attached hydrogens (primary N) is 1. The zero-order chi connectivity index (χ0) is 19.2. The average molecular weight is 406 g/mol. The Labute approximate surface area is 170 Å². The second kappa shape index (κ2) is 10.2. The van der Waals surface area contributed by atoms with Crippen molar-refractivity contribution >= 4 is 29.9 Å². The first-order chi connectivity index (χ1) is 13.1. The highest BCUT2D eigenvalue weighted by molar-refractivity contribution is 6.09. The first-order valence-corrected chi connectivity index (χ1v) is 9.20. The molecule has 28 heavy (non-hydrogen) atoms. The van der Waals surface area contributed by atoms with Crippen LogP contribution in [0.3, 0.4) is 0 Å². The van der Waals surface area contributed by atoms with Crippen molar-refractivity contribution in [2.24, 2.45) is 11.7 Å². The molecule has 1 aliphatic rings. The van der Waals surface area contributed by atoms with Gasteiger partial charge in [0.1, 0.15) is 11.7 Å². The van der Waals surface area contributed by atoms with Gasteiger partial charge in [0.2, 0.25) is 11.8 Å². The molecule has 0 radical (unpaired) electrons. The zero-order valence-corrected chi connectivity index (χ0v) is 16.4. The Kier molecular flexibility index (Phi) is 7.96. The van der Waals surface area contributed by atoms with Crippen LogP contribution in [0, 0.1) is 11.7 Å². The molecule has 0 bridgehead atoms. The van der Waals surface area contributed by atoms with Gasteiger partial charge in [0, 0.05) is 31.9 Å². The molecule has 150 valence electrons. The smallest absolute Gasteiger partial charge is 0.239 e. The lowest BCUT2D eigenvalue weighted by Gasteiger charge is -2.25. The van der Waals surface area contributed by atoms with Crippen LogP contribution >= 0.6 is 12.4 Å². The highest BCUT2D eigenvalue weighted by atomic mass is 35.5. The van der Waals surface area contributed by atoms with Gasteiger partial charge in [-0.2, -0.15) is 0 Å². The molecule has 2 aromatic carbocycles. The van der Waals surface area contributed by atoms with E-state index < -0.39 is 5.92 Å². The summed E-state index contributed by atoms with van der Waals surface area (Å²) in [6, 6.07) is 15.7. The van der Waals surface area contributed by atoms with Gasteiger partial charge in [0.25, 0.3) is 0 Å². The summed E-state index contributed by atoms with van der Waals surface area (Å²) >= 11 is 0. The van der Waals surface area contributed by atoms with Crippen molar-refractivity contribution in [3.8, 4) is 0 Å². The molecule has 2 N–H and O–H groups in total. The van der Waals surface area contributed by atoms with Gasteiger partial charge in [-0.1, -0.05) is 30.3 Å². The third-order valence-electron chi connectivity index (χ3n) is 4.87. The second-order valence-corrected chi connectivity index (χ2v) is 6.66. The Morgan fingerprint density at radius 1 is 1.11 bits per heavy atom. The molecule has 1 unspecified atom stereocenters. The number of carbonyl (C=O) groups is 2.